The molecule has 11 rings (SSSR count). The number of allylic oxidation sites excluding steroid dienone is 1. The number of aromatic nitrogens is 12. The van der Waals surface area contributed by atoms with Gasteiger partial charge in [0, 0.05) is 87.1 Å². The average Bonchev–Trinajstić information content (AvgIpc) is 4.38. The van der Waals surface area contributed by atoms with E-state index in [-0.39, 0.29) is 0 Å². The van der Waals surface area contributed by atoms with Gasteiger partial charge in [-0.2, -0.15) is 4.37 Å². The highest BCUT2D eigenvalue weighted by molar-refractivity contribution is 7.09. The van der Waals surface area contributed by atoms with Crippen molar-refractivity contribution in [3.63, 3.8) is 0 Å². The van der Waals surface area contributed by atoms with Crippen molar-refractivity contribution in [1.29, 1.82) is 0 Å². The lowest BCUT2D eigenvalue weighted by molar-refractivity contribution is 0.521. The molecule has 0 aromatic carbocycles. The van der Waals surface area contributed by atoms with E-state index in [1.54, 1.807) is 109 Å². The molecule has 0 bridgehead atoms. The maximum absolute atomic E-state index is 4.72. The van der Waals surface area contributed by atoms with Crippen LogP contribution in [0.1, 0.15) is 206 Å². The third-order valence-corrected chi connectivity index (χ3v) is 10.3. The molecule has 11 heterocycles. The minimum absolute atomic E-state index is 0.718. The van der Waals surface area contributed by atoms with Crippen LogP contribution in [0.25, 0.3) is 0 Å². The first-order valence-corrected chi connectivity index (χ1v) is 34.5. The molecule has 0 unspecified atom stereocenters. The zero-order valence-electron chi connectivity index (χ0n) is 60.0. The molecule has 0 spiro atoms. The summed E-state index contributed by atoms with van der Waals surface area (Å²) in [5.41, 5.74) is 11.6. The quantitative estimate of drug-likeness (QED) is 0.145. The van der Waals surface area contributed by atoms with E-state index in [1.807, 2.05) is 247 Å². The van der Waals surface area contributed by atoms with Crippen LogP contribution < -0.4 is 0 Å². The zero-order valence-corrected chi connectivity index (χ0v) is 64.1. The van der Waals surface area contributed by atoms with Gasteiger partial charge in [-0.1, -0.05) is 145 Å². The normalized spacial score (nSPS) is 8.21. The fourth-order valence-electron chi connectivity index (χ4n) is 3.54. The largest absolute Gasteiger partial charge is 0.452 e. The van der Waals surface area contributed by atoms with Gasteiger partial charge in [-0.25, -0.2) is 29.3 Å². The van der Waals surface area contributed by atoms with Crippen LogP contribution in [0.2, 0.25) is 0 Å². The summed E-state index contributed by atoms with van der Waals surface area (Å²) in [4.78, 5) is 42.7. The number of nitrogens with one attached hydrogen (secondary N) is 2. The first kappa shape index (κ1) is 102. The van der Waals surface area contributed by atoms with Crippen LogP contribution in [-0.2, 0) is 0 Å². The average molecular weight is 1310 g/mol. The monoisotopic (exact) mass is 1300 g/mol. The van der Waals surface area contributed by atoms with Gasteiger partial charge in [0.1, 0.15) is 18.3 Å². The lowest BCUT2D eigenvalue weighted by atomic mass is 10.3. The molecule has 16 nitrogen and oxygen atoms in total. The summed E-state index contributed by atoms with van der Waals surface area (Å²) in [6.45, 7) is 64.5. The summed E-state index contributed by atoms with van der Waals surface area (Å²) in [5.74, 6) is 1.57. The van der Waals surface area contributed by atoms with Crippen LogP contribution in [0.5, 0.6) is 0 Å². The van der Waals surface area contributed by atoms with Crippen LogP contribution in [-0.4, -0.2) is 71.3 Å². The minimum atomic E-state index is 0.718. The summed E-state index contributed by atoms with van der Waals surface area (Å²) in [6, 6.07) is 2.07. The molecule has 10 aromatic heterocycles. The Balaban J connectivity index is -0.0000000910. The Hall–Kier alpha value is -6.39. The highest BCUT2D eigenvalue weighted by Crippen LogP contribution is 2.05. The van der Waals surface area contributed by atoms with Gasteiger partial charge in [0.2, 0.25) is 0 Å². The predicted octanol–water partition coefficient (Wildman–Crippen LogP) is 23.2. The van der Waals surface area contributed by atoms with E-state index in [0.29, 0.717) is 0 Å². The molecule has 1 aliphatic heterocycles. The molecule has 0 saturated heterocycles. The van der Waals surface area contributed by atoms with Crippen molar-refractivity contribution >= 4 is 63.3 Å². The molecule has 21 heteroatoms. The van der Waals surface area contributed by atoms with Crippen LogP contribution in [0.3, 0.4) is 0 Å². The van der Waals surface area contributed by atoms with Crippen LogP contribution in [0.4, 0.5) is 0 Å². The van der Waals surface area contributed by atoms with Crippen molar-refractivity contribution in [2.24, 2.45) is 4.99 Å². The Morgan fingerprint density at radius 3 is 1.18 bits per heavy atom. The van der Waals surface area contributed by atoms with E-state index >= 15 is 0 Å². The van der Waals surface area contributed by atoms with E-state index in [2.05, 4.69) is 94.0 Å². The van der Waals surface area contributed by atoms with Gasteiger partial charge in [0.25, 0.3) is 0 Å². The first-order valence-electron chi connectivity index (χ1n) is 30.2. The number of hydrogen-bond donors (Lipinski definition) is 2. The Labute approximate surface area is 551 Å². The second-order valence-corrected chi connectivity index (χ2v) is 17.9. The number of hydrogen-bond acceptors (Lipinski definition) is 19. The Kier molecular flexibility index (Phi) is 110. The van der Waals surface area contributed by atoms with E-state index < -0.39 is 0 Å². The Morgan fingerprint density at radius 1 is 0.494 bits per heavy atom. The number of imidazole rings is 2. The number of rotatable bonds is 0. The lowest BCUT2D eigenvalue weighted by Gasteiger charge is -1.69. The standard InChI is InChI=1S/C5H7NS.C5H7N.2C4H6N2.3C4H5NO.4C4H5NS.10C2H6/c1-4-3-5(2)7-6-4;1-5-2-3-6-4-5;2*1-4-2-5-3-6-4;1-4-2-6-3-5-4;1-4-2-5-3-6-4;1-4-5-2-3-6-4;1-4-2-6-3-5-4;1-4-2-5-3-6-4;1-4-2-5-6-3-4;1-4-5-2-3-6-4;10*1-2/h3H,1-2H3;2,4H,3H2,1H3;2*2-3H,1H3,(H,5,6);7*2-3H,1H3;10*1-2H3. The number of aromatic amines is 2. The van der Waals surface area contributed by atoms with Crippen molar-refractivity contribution in [2.45, 2.75) is 222 Å². The summed E-state index contributed by atoms with van der Waals surface area (Å²) < 4.78 is 22.0. The summed E-state index contributed by atoms with van der Waals surface area (Å²) >= 11 is 8.01. The fraction of sp³-hybridized carbons (Fsp3) is 0.500. The number of H-pyrrole nitrogens is 2. The molecule has 0 amide bonds. The predicted molar refractivity (Wildman–Crippen MR) is 390 cm³/mol. The fourth-order valence-corrected chi connectivity index (χ4v) is 6.01. The molecule has 0 radical (unpaired) electrons. The van der Waals surface area contributed by atoms with Gasteiger partial charge in [-0.3, -0.25) is 19.9 Å². The summed E-state index contributed by atoms with van der Waals surface area (Å²) in [5, 5.41) is 7.13. The number of oxazole rings is 3. The van der Waals surface area contributed by atoms with E-state index in [1.165, 1.54) is 45.2 Å². The van der Waals surface area contributed by atoms with Crippen molar-refractivity contribution in [1.82, 2.24) is 58.6 Å². The third-order valence-electron chi connectivity index (χ3n) is 6.72. The van der Waals surface area contributed by atoms with Crippen LogP contribution >= 0.6 is 57.1 Å². The molecule has 0 saturated carbocycles. The molecular weight excluding hydrogens is 1180 g/mol. The molecule has 498 valence electrons. The SMILES string of the molecule is CC.CC.CC.CC.CC.CC.CC.CC.CC.CC.CC1=CCN=C1.Cc1cc(C)sn1.Cc1cnc[nH]1.Cc1cnc[nH]1.Cc1cnco1.Cc1cncs1.Cc1cnsc1.Cc1cocn1.Cc1cscn1.Cc1ncco1.Cc1nccs1. The van der Waals surface area contributed by atoms with E-state index in [0.717, 1.165) is 51.7 Å². The second kappa shape index (κ2) is 93.3. The Morgan fingerprint density at radius 2 is 1.07 bits per heavy atom. The van der Waals surface area contributed by atoms with Crippen molar-refractivity contribution in [3.8, 4) is 0 Å². The number of thiazole rings is 3. The van der Waals surface area contributed by atoms with Crippen molar-refractivity contribution < 1.29 is 13.3 Å². The van der Waals surface area contributed by atoms with Gasteiger partial charge >= 0.3 is 0 Å². The molecule has 87 heavy (non-hydrogen) atoms. The van der Waals surface area contributed by atoms with Gasteiger partial charge in [-0.15, -0.1) is 34.0 Å². The molecule has 0 aliphatic carbocycles. The zero-order chi connectivity index (χ0) is 69.3. The van der Waals surface area contributed by atoms with Gasteiger partial charge in [-0.05, 0) is 116 Å². The van der Waals surface area contributed by atoms with Gasteiger partial charge < -0.3 is 23.2 Å². The van der Waals surface area contributed by atoms with Crippen LogP contribution in [0, 0.1) is 76.2 Å². The summed E-state index contributed by atoms with van der Waals surface area (Å²) in [6.07, 6.45) is 25.6. The molecule has 0 fully saturated rings. The Bertz CT molecular complexity index is 2030. The smallest absolute Gasteiger partial charge is 0.190 e. The maximum atomic E-state index is 4.72. The number of nitrogens with zero attached hydrogens (tertiary/aromatic N) is 11. The van der Waals surface area contributed by atoms with E-state index in [4.69, 9.17) is 8.83 Å². The molecule has 10 aromatic rings. The lowest BCUT2D eigenvalue weighted by Crippen LogP contribution is -1.63. The van der Waals surface area contributed by atoms with E-state index in [9.17, 15) is 0 Å². The molecular formula is C66H121N13O3S5. The molecule has 0 atom stereocenters. The first-order chi connectivity index (χ1) is 42.2. The molecule has 2 N–H and O–H groups in total. The minimum Gasteiger partial charge on any atom is -0.452 e. The number of aryl methyl sites for hydroxylation is 11. The highest BCUT2D eigenvalue weighted by Gasteiger charge is 1.87. The second-order valence-electron chi connectivity index (χ2n) is 13.3. The molecule has 1 aliphatic rings. The van der Waals surface area contributed by atoms with Gasteiger partial charge in [0.05, 0.1) is 59.0 Å². The van der Waals surface area contributed by atoms with Crippen molar-refractivity contribution in [3.05, 3.63) is 187 Å². The topological polar surface area (TPSA) is 212 Å². The van der Waals surface area contributed by atoms with Crippen LogP contribution in [0.15, 0.2) is 144 Å². The third kappa shape index (κ3) is 91.0. The van der Waals surface area contributed by atoms with Crippen molar-refractivity contribution in [2.75, 3.05) is 6.54 Å². The number of aliphatic imine (C=N–C) groups is 1. The summed E-state index contributed by atoms with van der Waals surface area (Å²) in [7, 11) is 0. The van der Waals surface area contributed by atoms with Gasteiger partial charge in [0.15, 0.2) is 18.7 Å². The maximum Gasteiger partial charge on any atom is 0.190 e. The highest BCUT2D eigenvalue weighted by atomic mass is 32.1.